The molecule has 0 unspecified atom stereocenters. The van der Waals surface area contributed by atoms with Gasteiger partial charge >= 0.3 is 0 Å². The molecular weight excluding hydrogens is 254 g/mol. The van der Waals surface area contributed by atoms with Crippen LogP contribution in [0.1, 0.15) is 51.6 Å². The Morgan fingerprint density at radius 2 is 2.16 bits per heavy atom. The monoisotopic (exact) mass is 279 g/mol. The van der Waals surface area contributed by atoms with Gasteiger partial charge in [0.25, 0.3) is 0 Å². The molecule has 0 bridgehead atoms. The van der Waals surface area contributed by atoms with Crippen molar-refractivity contribution in [2.45, 2.75) is 64.6 Å². The number of thiazole rings is 1. The van der Waals surface area contributed by atoms with E-state index in [0.717, 1.165) is 24.5 Å². The lowest BCUT2D eigenvalue weighted by atomic mass is 10.1. The fourth-order valence-corrected chi connectivity index (χ4v) is 3.19. The molecule has 0 spiro atoms. The average molecular weight is 279 g/mol. The van der Waals surface area contributed by atoms with Crippen LogP contribution in [0.3, 0.4) is 0 Å². The van der Waals surface area contributed by atoms with Crippen molar-refractivity contribution < 1.29 is 0 Å². The van der Waals surface area contributed by atoms with Crippen LogP contribution in [0.2, 0.25) is 0 Å². The molecule has 19 heavy (non-hydrogen) atoms. The van der Waals surface area contributed by atoms with Crippen molar-refractivity contribution in [2.24, 2.45) is 5.92 Å². The largest absolute Gasteiger partial charge is 0.345 e. The number of nitrogens with zero attached hydrogens (tertiary/aromatic N) is 2. The van der Waals surface area contributed by atoms with Crippen LogP contribution < -0.4 is 10.2 Å². The van der Waals surface area contributed by atoms with Gasteiger partial charge in [-0.1, -0.05) is 13.8 Å². The zero-order valence-electron chi connectivity index (χ0n) is 12.1. The van der Waals surface area contributed by atoms with Crippen molar-refractivity contribution in [3.63, 3.8) is 0 Å². The normalized spacial score (nSPS) is 19.1. The topological polar surface area (TPSA) is 28.2 Å². The van der Waals surface area contributed by atoms with E-state index in [9.17, 15) is 0 Å². The lowest BCUT2D eigenvalue weighted by Crippen LogP contribution is -2.27. The van der Waals surface area contributed by atoms with Crippen molar-refractivity contribution in [3.05, 3.63) is 11.1 Å². The highest BCUT2D eigenvalue weighted by atomic mass is 32.1. The number of aromatic nitrogens is 1. The first-order valence-electron chi connectivity index (χ1n) is 7.67. The molecule has 1 heterocycles. The van der Waals surface area contributed by atoms with E-state index in [0.29, 0.717) is 0 Å². The molecule has 2 saturated carbocycles. The van der Waals surface area contributed by atoms with Crippen LogP contribution in [0.4, 0.5) is 5.13 Å². The summed E-state index contributed by atoms with van der Waals surface area (Å²) in [6, 6.07) is 1.54. The Labute approximate surface area is 120 Å². The number of hydrogen-bond donors (Lipinski definition) is 1. The van der Waals surface area contributed by atoms with E-state index in [1.165, 1.54) is 49.5 Å². The predicted octanol–water partition coefficient (Wildman–Crippen LogP) is 3.41. The maximum Gasteiger partial charge on any atom is 0.185 e. The molecule has 0 aliphatic heterocycles. The summed E-state index contributed by atoms with van der Waals surface area (Å²) >= 11 is 1.82. The van der Waals surface area contributed by atoms with Gasteiger partial charge in [0.05, 0.1) is 5.69 Å². The summed E-state index contributed by atoms with van der Waals surface area (Å²) < 4.78 is 0. The molecule has 0 aromatic carbocycles. The summed E-state index contributed by atoms with van der Waals surface area (Å²) in [6.45, 7) is 6.73. The summed E-state index contributed by atoms with van der Waals surface area (Å²) in [6.07, 6.45) is 6.67. The fourth-order valence-electron chi connectivity index (χ4n) is 2.26. The molecule has 0 saturated heterocycles. The molecule has 0 atom stereocenters. The fraction of sp³-hybridized carbons (Fsp3) is 0.800. The summed E-state index contributed by atoms with van der Waals surface area (Å²) in [7, 11) is 0. The van der Waals surface area contributed by atoms with Gasteiger partial charge < -0.3 is 10.2 Å². The quantitative estimate of drug-likeness (QED) is 0.790. The number of hydrogen-bond acceptors (Lipinski definition) is 4. The van der Waals surface area contributed by atoms with Crippen molar-refractivity contribution in [3.8, 4) is 0 Å². The minimum atomic E-state index is 0.769. The van der Waals surface area contributed by atoms with Crippen LogP contribution in [-0.4, -0.2) is 23.6 Å². The summed E-state index contributed by atoms with van der Waals surface area (Å²) in [5, 5.41) is 7.02. The van der Waals surface area contributed by atoms with Crippen LogP contribution in [0.15, 0.2) is 5.38 Å². The Kier molecular flexibility index (Phi) is 4.08. The van der Waals surface area contributed by atoms with Crippen LogP contribution in [-0.2, 0) is 6.54 Å². The molecule has 3 rings (SSSR count). The summed E-state index contributed by atoms with van der Waals surface area (Å²) in [5.74, 6) is 0.775. The minimum Gasteiger partial charge on any atom is -0.345 e. The predicted molar refractivity (Wildman–Crippen MR) is 81.8 cm³/mol. The molecular formula is C15H25N3S. The highest BCUT2D eigenvalue weighted by Crippen LogP contribution is 2.34. The van der Waals surface area contributed by atoms with Gasteiger partial charge in [0.1, 0.15) is 0 Å². The van der Waals surface area contributed by atoms with E-state index < -0.39 is 0 Å². The minimum absolute atomic E-state index is 0.769. The molecule has 0 amide bonds. The van der Waals surface area contributed by atoms with E-state index in [4.69, 9.17) is 4.98 Å². The molecule has 2 aliphatic rings. The standard InChI is InChI=1S/C15H25N3S/c1-11(2)7-8-18(14-5-6-14)15-17-13(10-19-15)9-16-12-3-4-12/h10-12,14,16H,3-9H2,1-2H3. The van der Waals surface area contributed by atoms with E-state index in [2.05, 4.69) is 29.4 Å². The molecule has 0 radical (unpaired) electrons. The third-order valence-corrected chi connectivity index (χ3v) is 4.80. The van der Waals surface area contributed by atoms with Crippen LogP contribution in [0.5, 0.6) is 0 Å². The Balaban J connectivity index is 1.57. The molecule has 106 valence electrons. The van der Waals surface area contributed by atoms with Crippen LogP contribution >= 0.6 is 11.3 Å². The SMILES string of the molecule is CC(C)CCN(c1nc(CNC2CC2)cs1)C1CC1. The van der Waals surface area contributed by atoms with Gasteiger partial charge in [0.15, 0.2) is 5.13 Å². The Morgan fingerprint density at radius 1 is 1.37 bits per heavy atom. The molecule has 1 aromatic rings. The number of rotatable bonds is 8. The number of anilines is 1. The first kappa shape index (κ1) is 13.4. The van der Waals surface area contributed by atoms with Gasteiger partial charge in [-0.15, -0.1) is 11.3 Å². The van der Waals surface area contributed by atoms with Gasteiger partial charge in [0, 0.05) is 30.6 Å². The van der Waals surface area contributed by atoms with Crippen molar-refractivity contribution in [1.82, 2.24) is 10.3 Å². The molecule has 2 aliphatic carbocycles. The second-order valence-electron chi connectivity index (χ2n) is 6.38. The zero-order chi connectivity index (χ0) is 13.2. The smallest absolute Gasteiger partial charge is 0.185 e. The highest BCUT2D eigenvalue weighted by Gasteiger charge is 2.30. The maximum absolute atomic E-state index is 4.83. The number of nitrogens with one attached hydrogen (secondary N) is 1. The Morgan fingerprint density at radius 3 is 2.79 bits per heavy atom. The first-order chi connectivity index (χ1) is 9.22. The van der Waals surface area contributed by atoms with Gasteiger partial charge in [-0.05, 0) is 38.0 Å². The van der Waals surface area contributed by atoms with E-state index in [1.807, 2.05) is 11.3 Å². The first-order valence-corrected chi connectivity index (χ1v) is 8.55. The van der Waals surface area contributed by atoms with E-state index >= 15 is 0 Å². The van der Waals surface area contributed by atoms with Crippen LogP contribution in [0.25, 0.3) is 0 Å². The molecule has 1 N–H and O–H groups in total. The van der Waals surface area contributed by atoms with Crippen molar-refractivity contribution in [1.29, 1.82) is 0 Å². The van der Waals surface area contributed by atoms with Crippen molar-refractivity contribution in [2.75, 3.05) is 11.4 Å². The van der Waals surface area contributed by atoms with Gasteiger partial charge in [-0.25, -0.2) is 4.98 Å². The molecule has 4 heteroatoms. The van der Waals surface area contributed by atoms with Crippen LogP contribution in [0, 0.1) is 5.92 Å². The zero-order valence-corrected chi connectivity index (χ0v) is 12.9. The Bertz CT molecular complexity index is 407. The highest BCUT2D eigenvalue weighted by molar-refractivity contribution is 7.13. The van der Waals surface area contributed by atoms with Gasteiger partial charge in [-0.2, -0.15) is 0 Å². The second-order valence-corrected chi connectivity index (χ2v) is 7.22. The van der Waals surface area contributed by atoms with E-state index in [1.54, 1.807) is 0 Å². The third kappa shape index (κ3) is 3.93. The molecule has 3 nitrogen and oxygen atoms in total. The lowest BCUT2D eigenvalue weighted by Gasteiger charge is -2.22. The van der Waals surface area contributed by atoms with Gasteiger partial charge in [0.2, 0.25) is 0 Å². The average Bonchev–Trinajstić information content (AvgIpc) is 3.28. The third-order valence-electron chi connectivity index (χ3n) is 3.87. The Hall–Kier alpha value is -0.610. The molecule has 2 fully saturated rings. The van der Waals surface area contributed by atoms with E-state index in [-0.39, 0.29) is 0 Å². The van der Waals surface area contributed by atoms with Crippen molar-refractivity contribution >= 4 is 16.5 Å². The lowest BCUT2D eigenvalue weighted by molar-refractivity contribution is 0.569. The van der Waals surface area contributed by atoms with Gasteiger partial charge in [-0.3, -0.25) is 0 Å². The summed E-state index contributed by atoms with van der Waals surface area (Å²) in [4.78, 5) is 7.38. The maximum atomic E-state index is 4.83. The second kappa shape index (κ2) is 5.80. The molecule has 1 aromatic heterocycles. The summed E-state index contributed by atoms with van der Waals surface area (Å²) in [5.41, 5.74) is 1.22.